The lowest BCUT2D eigenvalue weighted by Crippen LogP contribution is -2.34. The normalized spacial score (nSPS) is 22.7. The largest absolute Gasteiger partial charge is 0.481 e. The quantitative estimate of drug-likeness (QED) is 0.930. The maximum Gasteiger partial charge on any atom is 0.311 e. The number of carbonyl (C=O) groups excluding carboxylic acids is 1. The van der Waals surface area contributed by atoms with Crippen LogP contribution in [-0.4, -0.2) is 35.0 Å². The number of thiophene rings is 1. The summed E-state index contributed by atoms with van der Waals surface area (Å²) in [4.78, 5) is 25.9. The van der Waals surface area contributed by atoms with Crippen LogP contribution in [0.2, 0.25) is 4.34 Å². The highest BCUT2D eigenvalue weighted by Crippen LogP contribution is 2.30. The van der Waals surface area contributed by atoms with Crippen molar-refractivity contribution in [3.8, 4) is 0 Å². The topological polar surface area (TPSA) is 57.6 Å². The van der Waals surface area contributed by atoms with Crippen molar-refractivity contribution in [1.29, 1.82) is 0 Å². The van der Waals surface area contributed by atoms with Crippen molar-refractivity contribution in [2.45, 2.75) is 26.2 Å². The fourth-order valence-electron chi connectivity index (χ4n) is 2.22. The third kappa shape index (κ3) is 3.28. The molecule has 0 radical (unpaired) electrons. The molecular formula is C13H16ClNO3S. The number of carboxylic acids is 1. The fourth-order valence-corrected chi connectivity index (χ4v) is 3.31. The average molecular weight is 302 g/mol. The summed E-state index contributed by atoms with van der Waals surface area (Å²) >= 11 is 7.31. The Morgan fingerprint density at radius 1 is 1.53 bits per heavy atom. The Hall–Kier alpha value is -1.07. The molecule has 0 saturated carbocycles. The van der Waals surface area contributed by atoms with Gasteiger partial charge < -0.3 is 10.0 Å². The number of rotatable bonds is 4. The second-order valence-corrected chi connectivity index (χ2v) is 6.94. The van der Waals surface area contributed by atoms with E-state index in [1.54, 1.807) is 11.8 Å². The first-order chi connectivity index (χ1) is 8.90. The number of aliphatic carboxylic acids is 1. The molecule has 1 aliphatic rings. The molecule has 1 N–H and O–H groups in total. The van der Waals surface area contributed by atoms with E-state index in [1.807, 2.05) is 12.1 Å². The van der Waals surface area contributed by atoms with Gasteiger partial charge in [0, 0.05) is 24.4 Å². The van der Waals surface area contributed by atoms with Gasteiger partial charge >= 0.3 is 5.97 Å². The molecule has 0 spiro atoms. The van der Waals surface area contributed by atoms with Crippen molar-refractivity contribution in [3.63, 3.8) is 0 Å². The molecule has 0 aliphatic carbocycles. The predicted molar refractivity (Wildman–Crippen MR) is 74.6 cm³/mol. The van der Waals surface area contributed by atoms with E-state index in [2.05, 4.69) is 0 Å². The maximum absolute atomic E-state index is 12.0. The molecule has 1 aromatic heterocycles. The summed E-state index contributed by atoms with van der Waals surface area (Å²) in [6.45, 7) is 2.54. The molecule has 1 unspecified atom stereocenters. The van der Waals surface area contributed by atoms with Crippen LogP contribution in [-0.2, 0) is 16.0 Å². The Labute approximate surface area is 121 Å². The van der Waals surface area contributed by atoms with E-state index in [4.69, 9.17) is 16.7 Å². The number of amides is 1. The second kappa shape index (κ2) is 5.51. The van der Waals surface area contributed by atoms with Gasteiger partial charge in [-0.15, -0.1) is 11.3 Å². The molecule has 0 bridgehead atoms. The highest BCUT2D eigenvalue weighted by Gasteiger charge is 2.41. The van der Waals surface area contributed by atoms with E-state index < -0.39 is 11.4 Å². The van der Waals surface area contributed by atoms with Gasteiger partial charge in [0.1, 0.15) is 0 Å². The van der Waals surface area contributed by atoms with E-state index >= 15 is 0 Å². The summed E-state index contributed by atoms with van der Waals surface area (Å²) in [6.07, 6.45) is 1.60. The molecule has 1 aliphatic heterocycles. The molecule has 1 amide bonds. The lowest BCUT2D eigenvalue weighted by atomic mass is 9.90. The Kier molecular flexibility index (Phi) is 4.16. The van der Waals surface area contributed by atoms with E-state index in [0.29, 0.717) is 32.4 Å². The van der Waals surface area contributed by atoms with Crippen molar-refractivity contribution in [3.05, 3.63) is 21.3 Å². The van der Waals surface area contributed by atoms with Crippen molar-refractivity contribution in [1.82, 2.24) is 4.90 Å². The molecule has 4 nitrogen and oxygen atoms in total. The first-order valence-corrected chi connectivity index (χ1v) is 7.35. The van der Waals surface area contributed by atoms with Crippen LogP contribution >= 0.6 is 22.9 Å². The summed E-state index contributed by atoms with van der Waals surface area (Å²) < 4.78 is 0.724. The van der Waals surface area contributed by atoms with Crippen LogP contribution < -0.4 is 0 Å². The fraction of sp³-hybridized carbons (Fsp3) is 0.538. The minimum Gasteiger partial charge on any atom is -0.481 e. The molecular weight excluding hydrogens is 286 g/mol. The summed E-state index contributed by atoms with van der Waals surface area (Å²) in [5.41, 5.74) is -0.790. The lowest BCUT2D eigenvalue weighted by Gasteiger charge is -2.20. The van der Waals surface area contributed by atoms with Gasteiger partial charge in [-0.05, 0) is 31.9 Å². The number of aryl methyl sites for hydroxylation is 1. The summed E-state index contributed by atoms with van der Waals surface area (Å²) in [5.74, 6) is -0.803. The number of likely N-dealkylation sites (tertiary alicyclic amines) is 1. The molecule has 0 aromatic carbocycles. The molecule has 2 rings (SSSR count). The zero-order chi connectivity index (χ0) is 14.0. The van der Waals surface area contributed by atoms with Crippen LogP contribution in [0.15, 0.2) is 12.1 Å². The van der Waals surface area contributed by atoms with Gasteiger partial charge in [0.25, 0.3) is 0 Å². The SMILES string of the molecule is CC1(C(=O)O)CCN(C(=O)CCc2ccc(Cl)s2)C1. The van der Waals surface area contributed by atoms with E-state index in [-0.39, 0.29) is 5.91 Å². The minimum absolute atomic E-state index is 0.0227. The third-order valence-corrected chi connectivity index (χ3v) is 4.85. The van der Waals surface area contributed by atoms with Crippen molar-refractivity contribution in [2.24, 2.45) is 5.41 Å². The highest BCUT2D eigenvalue weighted by molar-refractivity contribution is 7.16. The predicted octanol–water partition coefficient (Wildman–Crippen LogP) is 2.66. The molecule has 1 aromatic rings. The Balaban J connectivity index is 1.86. The summed E-state index contributed by atoms with van der Waals surface area (Å²) in [5, 5.41) is 9.13. The zero-order valence-electron chi connectivity index (χ0n) is 10.7. The van der Waals surface area contributed by atoms with Gasteiger partial charge in [0.2, 0.25) is 5.91 Å². The van der Waals surface area contributed by atoms with Crippen LogP contribution in [0.3, 0.4) is 0 Å². The number of carbonyl (C=O) groups is 2. The Morgan fingerprint density at radius 2 is 2.26 bits per heavy atom. The lowest BCUT2D eigenvalue weighted by molar-refractivity contribution is -0.147. The van der Waals surface area contributed by atoms with E-state index in [0.717, 1.165) is 9.21 Å². The van der Waals surface area contributed by atoms with Crippen LogP contribution in [0.25, 0.3) is 0 Å². The van der Waals surface area contributed by atoms with Crippen LogP contribution in [0.4, 0.5) is 0 Å². The zero-order valence-corrected chi connectivity index (χ0v) is 12.3. The molecule has 2 heterocycles. The molecule has 1 atom stereocenters. The van der Waals surface area contributed by atoms with Gasteiger partial charge in [0.15, 0.2) is 0 Å². The number of carboxylic acid groups (broad SMARTS) is 1. The number of halogens is 1. The number of hydrogen-bond donors (Lipinski definition) is 1. The van der Waals surface area contributed by atoms with Crippen molar-refractivity contribution >= 4 is 34.8 Å². The van der Waals surface area contributed by atoms with Crippen LogP contribution in [0.5, 0.6) is 0 Å². The number of hydrogen-bond acceptors (Lipinski definition) is 3. The first kappa shape index (κ1) is 14.3. The van der Waals surface area contributed by atoms with Gasteiger partial charge in [0.05, 0.1) is 9.75 Å². The van der Waals surface area contributed by atoms with Crippen LogP contribution in [0, 0.1) is 5.41 Å². The smallest absolute Gasteiger partial charge is 0.311 e. The molecule has 104 valence electrons. The highest BCUT2D eigenvalue weighted by atomic mass is 35.5. The summed E-state index contributed by atoms with van der Waals surface area (Å²) in [6, 6.07) is 3.75. The van der Waals surface area contributed by atoms with Gasteiger partial charge in [-0.3, -0.25) is 9.59 Å². The second-order valence-electron chi connectivity index (χ2n) is 5.14. The molecule has 19 heavy (non-hydrogen) atoms. The van der Waals surface area contributed by atoms with Gasteiger partial charge in [-0.25, -0.2) is 0 Å². The molecule has 1 saturated heterocycles. The first-order valence-electron chi connectivity index (χ1n) is 6.16. The minimum atomic E-state index is -0.826. The van der Waals surface area contributed by atoms with Crippen molar-refractivity contribution < 1.29 is 14.7 Å². The Bertz CT molecular complexity index is 502. The number of nitrogens with zero attached hydrogens (tertiary/aromatic N) is 1. The standard InChI is InChI=1S/C13H16ClNO3S/c1-13(12(17)18)6-7-15(8-13)11(16)5-3-9-2-4-10(14)19-9/h2,4H,3,5-8H2,1H3,(H,17,18). The van der Waals surface area contributed by atoms with Gasteiger partial charge in [-0.2, -0.15) is 0 Å². The average Bonchev–Trinajstić information content (AvgIpc) is 2.94. The Morgan fingerprint density at radius 3 is 2.79 bits per heavy atom. The van der Waals surface area contributed by atoms with E-state index in [9.17, 15) is 9.59 Å². The third-order valence-electron chi connectivity index (χ3n) is 3.56. The molecule has 1 fully saturated rings. The van der Waals surface area contributed by atoms with Gasteiger partial charge in [-0.1, -0.05) is 11.6 Å². The van der Waals surface area contributed by atoms with Crippen LogP contribution in [0.1, 0.15) is 24.6 Å². The summed E-state index contributed by atoms with van der Waals surface area (Å²) in [7, 11) is 0. The monoisotopic (exact) mass is 301 g/mol. The van der Waals surface area contributed by atoms with E-state index in [1.165, 1.54) is 11.3 Å². The van der Waals surface area contributed by atoms with Crippen molar-refractivity contribution in [2.75, 3.05) is 13.1 Å². The maximum atomic E-state index is 12.0. The molecule has 6 heteroatoms.